The van der Waals surface area contributed by atoms with E-state index in [9.17, 15) is 8.78 Å². The number of hydrogen-bond donors (Lipinski definition) is 0. The van der Waals surface area contributed by atoms with E-state index in [0.717, 1.165) is 31.6 Å². The van der Waals surface area contributed by atoms with Crippen LogP contribution in [0.2, 0.25) is 0 Å². The summed E-state index contributed by atoms with van der Waals surface area (Å²) in [7, 11) is 0. The van der Waals surface area contributed by atoms with Crippen molar-refractivity contribution >= 4 is 0 Å². The molecule has 0 spiro atoms. The second kappa shape index (κ2) is 6.72. The molecule has 4 rings (SSSR count). The fourth-order valence-electron chi connectivity index (χ4n) is 3.17. The van der Waals surface area contributed by atoms with Crippen LogP contribution in [0, 0.1) is 11.6 Å². The van der Waals surface area contributed by atoms with E-state index in [2.05, 4.69) is 15.1 Å². The SMILES string of the molecule is Fc1ccc(CN2CCC(c3nnc(-c4ccccc4F)o3)C2)cc1. The van der Waals surface area contributed by atoms with E-state index in [4.69, 9.17) is 4.42 Å². The van der Waals surface area contributed by atoms with Gasteiger partial charge >= 0.3 is 0 Å². The number of hydrogen-bond acceptors (Lipinski definition) is 4. The number of halogens is 2. The molecule has 1 saturated heterocycles. The minimum atomic E-state index is -0.373. The quantitative estimate of drug-likeness (QED) is 0.719. The van der Waals surface area contributed by atoms with Gasteiger partial charge in [-0.2, -0.15) is 0 Å². The van der Waals surface area contributed by atoms with Crippen molar-refractivity contribution in [2.75, 3.05) is 13.1 Å². The second-order valence-electron chi connectivity index (χ2n) is 6.27. The van der Waals surface area contributed by atoms with Crippen LogP contribution in [0.3, 0.4) is 0 Å². The minimum Gasteiger partial charge on any atom is -0.420 e. The highest BCUT2D eigenvalue weighted by Crippen LogP contribution is 2.30. The van der Waals surface area contributed by atoms with Gasteiger partial charge in [-0.3, -0.25) is 4.90 Å². The molecule has 1 aliphatic rings. The normalized spacial score (nSPS) is 17.9. The third-order valence-electron chi connectivity index (χ3n) is 4.49. The van der Waals surface area contributed by atoms with E-state index in [-0.39, 0.29) is 23.4 Å². The third-order valence-corrected chi connectivity index (χ3v) is 4.49. The Bertz CT molecular complexity index is 863. The Morgan fingerprint density at radius 3 is 2.64 bits per heavy atom. The Labute approximate surface area is 144 Å². The Kier molecular flexibility index (Phi) is 4.28. The van der Waals surface area contributed by atoms with Crippen molar-refractivity contribution in [1.82, 2.24) is 15.1 Å². The van der Waals surface area contributed by atoms with Crippen molar-refractivity contribution in [3.63, 3.8) is 0 Å². The van der Waals surface area contributed by atoms with Crippen LogP contribution in [0.5, 0.6) is 0 Å². The summed E-state index contributed by atoms with van der Waals surface area (Å²) in [5.74, 6) is 0.287. The molecule has 1 aliphatic heterocycles. The summed E-state index contributed by atoms with van der Waals surface area (Å²) in [5, 5.41) is 8.10. The first-order chi connectivity index (χ1) is 12.2. The zero-order chi connectivity index (χ0) is 17.2. The van der Waals surface area contributed by atoms with Crippen LogP contribution in [0.15, 0.2) is 52.9 Å². The zero-order valence-corrected chi connectivity index (χ0v) is 13.5. The molecule has 0 radical (unpaired) electrons. The minimum absolute atomic E-state index is 0.133. The molecule has 0 aliphatic carbocycles. The van der Waals surface area contributed by atoms with Crippen molar-refractivity contribution < 1.29 is 13.2 Å². The lowest BCUT2D eigenvalue weighted by molar-refractivity contribution is 0.320. The molecular weight excluding hydrogens is 324 g/mol. The fourth-order valence-corrected chi connectivity index (χ4v) is 3.17. The van der Waals surface area contributed by atoms with Gasteiger partial charge in [0.05, 0.1) is 11.5 Å². The van der Waals surface area contributed by atoms with Gasteiger partial charge in [-0.1, -0.05) is 24.3 Å². The molecule has 0 bridgehead atoms. The molecule has 1 aromatic heterocycles. The molecule has 2 heterocycles. The monoisotopic (exact) mass is 341 g/mol. The van der Waals surface area contributed by atoms with E-state index in [0.29, 0.717) is 11.5 Å². The van der Waals surface area contributed by atoms with Crippen molar-refractivity contribution in [2.45, 2.75) is 18.9 Å². The lowest BCUT2D eigenvalue weighted by atomic mass is 10.1. The van der Waals surface area contributed by atoms with Gasteiger partial charge in [0, 0.05) is 13.1 Å². The van der Waals surface area contributed by atoms with E-state index < -0.39 is 0 Å². The highest BCUT2D eigenvalue weighted by Gasteiger charge is 2.28. The fraction of sp³-hybridized carbons (Fsp3) is 0.263. The first-order valence-corrected chi connectivity index (χ1v) is 8.24. The van der Waals surface area contributed by atoms with Gasteiger partial charge < -0.3 is 4.42 Å². The average molecular weight is 341 g/mol. The van der Waals surface area contributed by atoms with Gasteiger partial charge in [0.15, 0.2) is 0 Å². The second-order valence-corrected chi connectivity index (χ2v) is 6.27. The lowest BCUT2D eigenvalue weighted by Gasteiger charge is -2.15. The van der Waals surface area contributed by atoms with Crippen molar-refractivity contribution in [3.05, 3.63) is 71.6 Å². The van der Waals surface area contributed by atoms with Crippen LogP contribution in [-0.4, -0.2) is 28.2 Å². The summed E-state index contributed by atoms with van der Waals surface area (Å²) in [6.07, 6.45) is 0.903. The summed E-state index contributed by atoms with van der Waals surface area (Å²) in [6, 6.07) is 12.9. The number of rotatable bonds is 4. The average Bonchev–Trinajstić information content (AvgIpc) is 3.27. The smallest absolute Gasteiger partial charge is 0.250 e. The summed E-state index contributed by atoms with van der Waals surface area (Å²) >= 11 is 0. The molecule has 0 amide bonds. The van der Waals surface area contributed by atoms with E-state index in [1.807, 2.05) is 0 Å². The van der Waals surface area contributed by atoms with Gasteiger partial charge in [0.25, 0.3) is 5.89 Å². The maximum Gasteiger partial charge on any atom is 0.250 e. The number of likely N-dealkylation sites (tertiary alicyclic amines) is 1. The molecule has 3 aromatic rings. The van der Waals surface area contributed by atoms with Crippen molar-refractivity contribution in [1.29, 1.82) is 0 Å². The topological polar surface area (TPSA) is 42.2 Å². The Morgan fingerprint density at radius 1 is 1.04 bits per heavy atom. The summed E-state index contributed by atoms with van der Waals surface area (Å²) in [5.41, 5.74) is 1.39. The maximum atomic E-state index is 13.8. The molecule has 4 nitrogen and oxygen atoms in total. The van der Waals surface area contributed by atoms with Crippen LogP contribution < -0.4 is 0 Å². The van der Waals surface area contributed by atoms with Gasteiger partial charge in [-0.15, -0.1) is 10.2 Å². The predicted octanol–water partition coefficient (Wildman–Crippen LogP) is 4.00. The number of nitrogens with zero attached hydrogens (tertiary/aromatic N) is 3. The number of benzene rings is 2. The van der Waals surface area contributed by atoms with Gasteiger partial charge in [0.2, 0.25) is 5.89 Å². The first-order valence-electron chi connectivity index (χ1n) is 8.24. The zero-order valence-electron chi connectivity index (χ0n) is 13.5. The summed E-state index contributed by atoms with van der Waals surface area (Å²) in [6.45, 7) is 2.45. The summed E-state index contributed by atoms with van der Waals surface area (Å²) < 4.78 is 32.5. The number of aromatic nitrogens is 2. The molecule has 1 atom stereocenters. The van der Waals surface area contributed by atoms with Crippen molar-refractivity contribution in [2.24, 2.45) is 0 Å². The van der Waals surface area contributed by atoms with Crippen LogP contribution in [0.4, 0.5) is 8.78 Å². The Balaban J connectivity index is 1.44. The molecule has 0 saturated carbocycles. The van der Waals surface area contributed by atoms with Gasteiger partial charge in [-0.25, -0.2) is 8.78 Å². The van der Waals surface area contributed by atoms with E-state index >= 15 is 0 Å². The predicted molar refractivity (Wildman–Crippen MR) is 88.7 cm³/mol. The van der Waals surface area contributed by atoms with E-state index in [1.165, 1.54) is 18.2 Å². The lowest BCUT2D eigenvalue weighted by Crippen LogP contribution is -2.19. The maximum absolute atomic E-state index is 13.8. The highest BCUT2D eigenvalue weighted by atomic mass is 19.1. The van der Waals surface area contributed by atoms with Crippen LogP contribution in [-0.2, 0) is 6.54 Å². The molecule has 25 heavy (non-hydrogen) atoms. The molecule has 0 N–H and O–H groups in total. The standard InChI is InChI=1S/C19H17F2N3O/c20-15-7-5-13(6-8-15)11-24-10-9-14(12-24)18-22-23-19(25-18)16-3-1-2-4-17(16)21/h1-8,14H,9-12H2. The third kappa shape index (κ3) is 3.44. The van der Waals surface area contributed by atoms with Gasteiger partial charge in [-0.05, 0) is 42.8 Å². The van der Waals surface area contributed by atoms with Crippen LogP contribution in [0.1, 0.15) is 23.8 Å². The summed E-state index contributed by atoms with van der Waals surface area (Å²) in [4.78, 5) is 2.27. The van der Waals surface area contributed by atoms with Gasteiger partial charge in [0.1, 0.15) is 11.6 Å². The highest BCUT2D eigenvalue weighted by molar-refractivity contribution is 5.53. The molecule has 128 valence electrons. The van der Waals surface area contributed by atoms with Crippen molar-refractivity contribution in [3.8, 4) is 11.5 Å². The van der Waals surface area contributed by atoms with Crippen LogP contribution >= 0.6 is 0 Å². The molecule has 1 fully saturated rings. The Morgan fingerprint density at radius 2 is 1.84 bits per heavy atom. The molecule has 2 aromatic carbocycles. The van der Waals surface area contributed by atoms with Crippen LogP contribution in [0.25, 0.3) is 11.5 Å². The largest absolute Gasteiger partial charge is 0.420 e. The van der Waals surface area contributed by atoms with E-state index in [1.54, 1.807) is 30.3 Å². The Hall–Kier alpha value is -2.60. The molecular formula is C19H17F2N3O. The molecule has 1 unspecified atom stereocenters. The molecule has 6 heteroatoms. The first kappa shape index (κ1) is 15.9.